The average molecular weight is 431 g/mol. The first kappa shape index (κ1) is 21.4. The van der Waals surface area contributed by atoms with Crippen LogP contribution >= 0.6 is 24.0 Å². The van der Waals surface area contributed by atoms with Crippen molar-refractivity contribution in [2.45, 2.75) is 19.4 Å². The Kier molecular flexibility index (Phi) is 6.63. The van der Waals surface area contributed by atoms with Gasteiger partial charge in [-0.25, -0.2) is 4.68 Å². The summed E-state index contributed by atoms with van der Waals surface area (Å²) < 4.78 is 1.73. The molecule has 1 amide bonds. The van der Waals surface area contributed by atoms with E-state index in [2.05, 4.69) is 6.92 Å². The normalized spacial score (nSPS) is 18.5. The average Bonchev–Trinajstić information content (AvgIpc) is 3.33. The van der Waals surface area contributed by atoms with Crippen LogP contribution in [0.5, 0.6) is 0 Å². The molecule has 29 heavy (non-hydrogen) atoms. The summed E-state index contributed by atoms with van der Waals surface area (Å²) >= 11 is 6.01. The van der Waals surface area contributed by atoms with Crippen LogP contribution in [-0.2, 0) is 0 Å². The van der Waals surface area contributed by atoms with E-state index in [-0.39, 0.29) is 24.4 Å². The molecule has 1 saturated heterocycles. The number of benzene rings is 2. The standard InChI is InChI=1S/C22H23ClN4O.ClH/c1-15-11-16(13-24)14-26(15)22(28)21-12-20(17-7-9-18(23)10-8-17)25-27(21)19-5-3-2-4-6-19;/h2-10,12,15-16H,11,13-14,24H2,1H3;1H. The van der Waals surface area contributed by atoms with Crippen molar-refractivity contribution in [3.05, 3.63) is 71.4 Å². The van der Waals surface area contributed by atoms with Gasteiger partial charge in [-0.3, -0.25) is 4.79 Å². The van der Waals surface area contributed by atoms with Gasteiger partial charge in [0, 0.05) is 23.2 Å². The van der Waals surface area contributed by atoms with Crippen molar-refractivity contribution in [2.75, 3.05) is 13.1 Å². The van der Waals surface area contributed by atoms with Crippen LogP contribution in [0.2, 0.25) is 5.02 Å². The maximum atomic E-state index is 13.4. The largest absolute Gasteiger partial charge is 0.334 e. The van der Waals surface area contributed by atoms with E-state index in [0.717, 1.165) is 23.4 Å². The van der Waals surface area contributed by atoms with Crippen LogP contribution in [0, 0.1) is 5.92 Å². The van der Waals surface area contributed by atoms with E-state index >= 15 is 0 Å². The van der Waals surface area contributed by atoms with E-state index in [9.17, 15) is 4.79 Å². The predicted octanol–water partition coefficient (Wildman–Crippen LogP) is 4.42. The number of nitrogens with two attached hydrogens (primary N) is 1. The number of para-hydroxylation sites is 1. The highest BCUT2D eigenvalue weighted by molar-refractivity contribution is 6.30. The van der Waals surface area contributed by atoms with Crippen molar-refractivity contribution in [1.82, 2.24) is 14.7 Å². The Morgan fingerprint density at radius 2 is 1.86 bits per heavy atom. The molecule has 2 aromatic carbocycles. The number of hydrogen-bond donors (Lipinski definition) is 1. The fourth-order valence-electron chi connectivity index (χ4n) is 3.80. The number of amides is 1. The molecule has 2 heterocycles. The van der Waals surface area contributed by atoms with Gasteiger partial charge in [0.05, 0.1) is 11.4 Å². The molecule has 1 aliphatic rings. The van der Waals surface area contributed by atoms with Crippen LogP contribution in [0.4, 0.5) is 0 Å². The van der Waals surface area contributed by atoms with Crippen molar-refractivity contribution < 1.29 is 4.79 Å². The minimum absolute atomic E-state index is 0. The number of nitrogens with zero attached hydrogens (tertiary/aromatic N) is 3. The summed E-state index contributed by atoms with van der Waals surface area (Å²) in [6.07, 6.45) is 0.936. The summed E-state index contributed by atoms with van der Waals surface area (Å²) in [4.78, 5) is 15.3. The van der Waals surface area contributed by atoms with Gasteiger partial charge in [0.25, 0.3) is 5.91 Å². The topological polar surface area (TPSA) is 64.2 Å². The first-order valence-corrected chi connectivity index (χ1v) is 9.87. The minimum Gasteiger partial charge on any atom is -0.334 e. The molecule has 2 atom stereocenters. The van der Waals surface area contributed by atoms with Crippen molar-refractivity contribution in [2.24, 2.45) is 11.7 Å². The number of rotatable bonds is 4. The predicted molar refractivity (Wildman–Crippen MR) is 119 cm³/mol. The quantitative estimate of drug-likeness (QED) is 0.665. The van der Waals surface area contributed by atoms with Gasteiger partial charge in [0.15, 0.2) is 0 Å². The Labute approximate surface area is 181 Å². The number of likely N-dealkylation sites (tertiary alicyclic amines) is 1. The van der Waals surface area contributed by atoms with Gasteiger partial charge in [0.2, 0.25) is 0 Å². The van der Waals surface area contributed by atoms with E-state index in [1.807, 2.05) is 65.6 Å². The van der Waals surface area contributed by atoms with Gasteiger partial charge in [-0.15, -0.1) is 12.4 Å². The molecule has 1 aliphatic heterocycles. The van der Waals surface area contributed by atoms with Crippen molar-refractivity contribution in [1.29, 1.82) is 0 Å². The minimum atomic E-state index is -0.0139. The van der Waals surface area contributed by atoms with Gasteiger partial charge >= 0.3 is 0 Å². The molecule has 0 bridgehead atoms. The SMILES string of the molecule is CC1CC(CN)CN1C(=O)c1cc(-c2ccc(Cl)cc2)nn1-c1ccccc1.Cl. The Bertz CT molecular complexity index is 972. The molecule has 0 spiro atoms. The summed E-state index contributed by atoms with van der Waals surface area (Å²) in [6.45, 7) is 3.37. The molecular weight excluding hydrogens is 407 g/mol. The highest BCUT2D eigenvalue weighted by atomic mass is 35.5. The lowest BCUT2D eigenvalue weighted by Gasteiger charge is -2.21. The Balaban J connectivity index is 0.00000240. The molecule has 152 valence electrons. The molecular formula is C22H24Cl2N4O. The summed E-state index contributed by atoms with van der Waals surface area (Å²) in [5.74, 6) is 0.336. The zero-order chi connectivity index (χ0) is 19.7. The number of halogens is 2. The van der Waals surface area contributed by atoms with Crippen LogP contribution in [0.3, 0.4) is 0 Å². The lowest BCUT2D eigenvalue weighted by atomic mass is 10.1. The van der Waals surface area contributed by atoms with E-state index < -0.39 is 0 Å². The first-order valence-electron chi connectivity index (χ1n) is 9.49. The van der Waals surface area contributed by atoms with Gasteiger partial charge in [-0.2, -0.15) is 5.10 Å². The van der Waals surface area contributed by atoms with Crippen molar-refractivity contribution >= 4 is 29.9 Å². The third-order valence-electron chi connectivity index (χ3n) is 5.32. The second-order valence-electron chi connectivity index (χ2n) is 7.31. The lowest BCUT2D eigenvalue weighted by molar-refractivity contribution is 0.0734. The second kappa shape index (κ2) is 8.99. The molecule has 0 saturated carbocycles. The Hall–Kier alpha value is -2.34. The van der Waals surface area contributed by atoms with Gasteiger partial charge in [0.1, 0.15) is 5.69 Å². The van der Waals surface area contributed by atoms with Gasteiger partial charge < -0.3 is 10.6 Å². The Morgan fingerprint density at radius 1 is 1.17 bits per heavy atom. The molecule has 2 unspecified atom stereocenters. The van der Waals surface area contributed by atoms with Crippen molar-refractivity contribution in [3.8, 4) is 16.9 Å². The van der Waals surface area contributed by atoms with E-state index in [0.29, 0.717) is 29.7 Å². The third kappa shape index (κ3) is 4.32. The van der Waals surface area contributed by atoms with Crippen molar-refractivity contribution in [3.63, 3.8) is 0 Å². The molecule has 0 radical (unpaired) electrons. The number of aromatic nitrogens is 2. The summed E-state index contributed by atoms with van der Waals surface area (Å²) in [5.41, 5.74) is 8.92. The van der Waals surface area contributed by atoms with Gasteiger partial charge in [-0.1, -0.05) is 41.9 Å². The molecule has 5 nitrogen and oxygen atoms in total. The molecule has 2 N–H and O–H groups in total. The number of carbonyl (C=O) groups excluding carboxylic acids is 1. The van der Waals surface area contributed by atoms with E-state index in [4.69, 9.17) is 22.4 Å². The zero-order valence-electron chi connectivity index (χ0n) is 16.2. The van der Waals surface area contributed by atoms with Gasteiger partial charge in [-0.05, 0) is 56.1 Å². The van der Waals surface area contributed by atoms with Crippen LogP contribution in [0.1, 0.15) is 23.8 Å². The molecule has 7 heteroatoms. The van der Waals surface area contributed by atoms with E-state index in [1.54, 1.807) is 4.68 Å². The fourth-order valence-corrected chi connectivity index (χ4v) is 3.93. The smallest absolute Gasteiger partial charge is 0.272 e. The number of hydrogen-bond acceptors (Lipinski definition) is 3. The van der Waals surface area contributed by atoms with E-state index in [1.165, 1.54) is 0 Å². The third-order valence-corrected chi connectivity index (χ3v) is 5.58. The highest BCUT2D eigenvalue weighted by Gasteiger charge is 2.34. The lowest BCUT2D eigenvalue weighted by Crippen LogP contribution is -2.35. The maximum absolute atomic E-state index is 13.4. The second-order valence-corrected chi connectivity index (χ2v) is 7.75. The molecule has 0 aliphatic carbocycles. The first-order chi connectivity index (χ1) is 13.6. The highest BCUT2D eigenvalue weighted by Crippen LogP contribution is 2.28. The fraction of sp³-hybridized carbons (Fsp3) is 0.273. The number of carbonyl (C=O) groups is 1. The molecule has 4 rings (SSSR count). The summed E-state index contributed by atoms with van der Waals surface area (Å²) in [7, 11) is 0. The molecule has 1 aromatic heterocycles. The summed E-state index contributed by atoms with van der Waals surface area (Å²) in [5, 5.41) is 5.41. The monoisotopic (exact) mass is 430 g/mol. The molecule has 3 aromatic rings. The maximum Gasteiger partial charge on any atom is 0.272 e. The van der Waals surface area contributed by atoms with Crippen LogP contribution < -0.4 is 5.73 Å². The Morgan fingerprint density at radius 3 is 2.48 bits per heavy atom. The summed E-state index contributed by atoms with van der Waals surface area (Å²) in [6, 6.07) is 19.2. The molecule has 1 fully saturated rings. The van der Waals surface area contributed by atoms with Crippen LogP contribution in [0.25, 0.3) is 16.9 Å². The zero-order valence-corrected chi connectivity index (χ0v) is 17.7. The van der Waals surface area contributed by atoms with Crippen LogP contribution in [-0.4, -0.2) is 39.7 Å². The van der Waals surface area contributed by atoms with Crippen LogP contribution in [0.15, 0.2) is 60.7 Å².